The van der Waals surface area contributed by atoms with E-state index in [4.69, 9.17) is 17.3 Å². The van der Waals surface area contributed by atoms with E-state index >= 15 is 0 Å². The molecule has 0 amide bonds. The molecule has 1 nitrogen and oxygen atoms in total. The minimum atomic E-state index is 0.748. The molecule has 66 valence electrons. The molecule has 3 heteroatoms. The monoisotopic (exact) mass is 209 g/mol. The van der Waals surface area contributed by atoms with Crippen LogP contribution in [0, 0.1) is 0 Å². The van der Waals surface area contributed by atoms with Crippen molar-refractivity contribution in [2.24, 2.45) is 0 Å². The van der Waals surface area contributed by atoms with Crippen molar-refractivity contribution in [2.45, 2.75) is 0 Å². The van der Waals surface area contributed by atoms with E-state index in [1.807, 2.05) is 35.7 Å². The lowest BCUT2D eigenvalue weighted by molar-refractivity contribution is 1.67. The number of hydrogen-bond acceptors (Lipinski definition) is 2. The Hall–Kier alpha value is -0.990. The largest absolute Gasteiger partial charge is 0.390 e. The molecular weight excluding hydrogens is 202 g/mol. The second-order valence-electron chi connectivity index (χ2n) is 2.71. The van der Waals surface area contributed by atoms with Crippen LogP contribution in [-0.4, -0.2) is 0 Å². The Morgan fingerprint density at radius 3 is 2.31 bits per heavy atom. The third kappa shape index (κ3) is 1.69. The van der Waals surface area contributed by atoms with Crippen molar-refractivity contribution in [3.8, 4) is 11.1 Å². The molecule has 1 aromatic heterocycles. The van der Waals surface area contributed by atoms with Gasteiger partial charge < -0.3 is 5.73 Å². The van der Waals surface area contributed by atoms with E-state index in [-0.39, 0.29) is 0 Å². The van der Waals surface area contributed by atoms with E-state index in [1.165, 1.54) is 0 Å². The molecule has 2 aromatic rings. The first-order valence-corrected chi connectivity index (χ1v) is 5.12. The van der Waals surface area contributed by atoms with Gasteiger partial charge in [-0.25, -0.2) is 0 Å². The SMILES string of the molecule is Nc1sccc1-c1ccc(Cl)cc1. The van der Waals surface area contributed by atoms with E-state index in [9.17, 15) is 0 Å². The average molecular weight is 210 g/mol. The van der Waals surface area contributed by atoms with E-state index in [0.29, 0.717) is 0 Å². The molecule has 0 aliphatic carbocycles. The summed E-state index contributed by atoms with van der Waals surface area (Å²) in [5, 5.41) is 3.58. The first kappa shape index (κ1) is 8.60. The predicted octanol–water partition coefficient (Wildman–Crippen LogP) is 3.65. The molecule has 1 heterocycles. The number of nitrogen functional groups attached to an aromatic ring is 1. The minimum Gasteiger partial charge on any atom is -0.390 e. The van der Waals surface area contributed by atoms with E-state index < -0.39 is 0 Å². The maximum Gasteiger partial charge on any atom is 0.0936 e. The lowest BCUT2D eigenvalue weighted by atomic mass is 10.1. The summed E-state index contributed by atoms with van der Waals surface area (Å²) in [7, 11) is 0. The third-order valence-electron chi connectivity index (χ3n) is 1.85. The second-order valence-corrected chi connectivity index (χ2v) is 4.09. The Balaban J connectivity index is 2.47. The minimum absolute atomic E-state index is 0.748. The molecule has 0 saturated heterocycles. The summed E-state index contributed by atoms with van der Waals surface area (Å²) in [6, 6.07) is 9.70. The summed E-state index contributed by atoms with van der Waals surface area (Å²) in [6.07, 6.45) is 0. The molecule has 0 unspecified atom stereocenters. The summed E-state index contributed by atoms with van der Waals surface area (Å²) in [5.41, 5.74) is 8.00. The Bertz CT molecular complexity index is 405. The zero-order chi connectivity index (χ0) is 9.26. The van der Waals surface area contributed by atoms with Crippen molar-refractivity contribution in [3.05, 3.63) is 40.7 Å². The molecular formula is C10H8ClNS. The third-order valence-corrected chi connectivity index (χ3v) is 2.85. The Morgan fingerprint density at radius 2 is 1.77 bits per heavy atom. The number of rotatable bonds is 1. The number of thiophene rings is 1. The fourth-order valence-electron chi connectivity index (χ4n) is 1.19. The summed E-state index contributed by atoms with van der Waals surface area (Å²) in [5.74, 6) is 0. The molecule has 0 radical (unpaired) electrons. The van der Waals surface area contributed by atoms with Crippen LogP contribution in [0.2, 0.25) is 5.02 Å². The highest BCUT2D eigenvalue weighted by atomic mass is 35.5. The number of benzene rings is 1. The Labute approximate surface area is 85.8 Å². The normalized spacial score (nSPS) is 10.2. The van der Waals surface area contributed by atoms with Crippen molar-refractivity contribution < 1.29 is 0 Å². The Kier molecular flexibility index (Phi) is 2.25. The van der Waals surface area contributed by atoms with Crippen LogP contribution in [-0.2, 0) is 0 Å². The van der Waals surface area contributed by atoms with Crippen LogP contribution in [0.5, 0.6) is 0 Å². The zero-order valence-electron chi connectivity index (χ0n) is 6.83. The van der Waals surface area contributed by atoms with Gasteiger partial charge in [-0.15, -0.1) is 11.3 Å². The van der Waals surface area contributed by atoms with Crippen molar-refractivity contribution in [1.29, 1.82) is 0 Å². The first-order valence-electron chi connectivity index (χ1n) is 3.86. The maximum atomic E-state index is 5.80. The molecule has 2 N–H and O–H groups in total. The lowest BCUT2D eigenvalue weighted by Gasteiger charge is -1.99. The molecule has 0 aliphatic heterocycles. The van der Waals surface area contributed by atoms with Crippen molar-refractivity contribution >= 4 is 27.9 Å². The highest BCUT2D eigenvalue weighted by Gasteiger charge is 2.02. The predicted molar refractivity (Wildman–Crippen MR) is 59.2 cm³/mol. The van der Waals surface area contributed by atoms with Crippen LogP contribution in [0.1, 0.15) is 0 Å². The number of anilines is 1. The van der Waals surface area contributed by atoms with Crippen LogP contribution in [0.3, 0.4) is 0 Å². The second kappa shape index (κ2) is 3.40. The van der Waals surface area contributed by atoms with Gasteiger partial charge in [0, 0.05) is 10.6 Å². The van der Waals surface area contributed by atoms with Gasteiger partial charge >= 0.3 is 0 Å². The van der Waals surface area contributed by atoms with Crippen LogP contribution in [0.4, 0.5) is 5.00 Å². The molecule has 0 bridgehead atoms. The van der Waals surface area contributed by atoms with Gasteiger partial charge in [0.15, 0.2) is 0 Å². The highest BCUT2D eigenvalue weighted by Crippen LogP contribution is 2.30. The molecule has 0 aliphatic rings. The van der Waals surface area contributed by atoms with Crippen molar-refractivity contribution in [2.75, 3.05) is 5.73 Å². The molecule has 0 fully saturated rings. The highest BCUT2D eigenvalue weighted by molar-refractivity contribution is 7.14. The van der Waals surface area contributed by atoms with Crippen molar-refractivity contribution in [3.63, 3.8) is 0 Å². The molecule has 13 heavy (non-hydrogen) atoms. The number of hydrogen-bond donors (Lipinski definition) is 1. The topological polar surface area (TPSA) is 26.0 Å². The standard InChI is InChI=1S/C10H8ClNS/c11-8-3-1-7(2-4-8)9-5-6-13-10(9)12/h1-6H,12H2. The van der Waals surface area contributed by atoms with Gasteiger partial charge in [-0.1, -0.05) is 23.7 Å². The van der Waals surface area contributed by atoms with Crippen LogP contribution < -0.4 is 5.73 Å². The summed E-state index contributed by atoms with van der Waals surface area (Å²) >= 11 is 7.33. The molecule has 1 aromatic carbocycles. The summed E-state index contributed by atoms with van der Waals surface area (Å²) < 4.78 is 0. The van der Waals surface area contributed by atoms with Gasteiger partial charge in [-0.2, -0.15) is 0 Å². The maximum absolute atomic E-state index is 5.80. The molecule has 0 atom stereocenters. The van der Waals surface area contributed by atoms with Crippen LogP contribution >= 0.6 is 22.9 Å². The fourth-order valence-corrected chi connectivity index (χ4v) is 1.98. The fraction of sp³-hybridized carbons (Fsp3) is 0. The van der Waals surface area contributed by atoms with Crippen LogP contribution in [0.25, 0.3) is 11.1 Å². The summed E-state index contributed by atoms with van der Waals surface area (Å²) in [4.78, 5) is 0. The van der Waals surface area contributed by atoms with Gasteiger partial charge in [-0.3, -0.25) is 0 Å². The van der Waals surface area contributed by atoms with Crippen molar-refractivity contribution in [1.82, 2.24) is 0 Å². The lowest BCUT2D eigenvalue weighted by Crippen LogP contribution is -1.82. The average Bonchev–Trinajstić information content (AvgIpc) is 2.53. The van der Waals surface area contributed by atoms with Gasteiger partial charge in [0.05, 0.1) is 5.00 Å². The number of halogens is 1. The summed E-state index contributed by atoms with van der Waals surface area (Å²) in [6.45, 7) is 0. The molecule has 0 saturated carbocycles. The Morgan fingerprint density at radius 1 is 1.08 bits per heavy atom. The van der Waals surface area contributed by atoms with Crippen LogP contribution in [0.15, 0.2) is 35.7 Å². The molecule has 2 rings (SSSR count). The zero-order valence-corrected chi connectivity index (χ0v) is 8.40. The first-order chi connectivity index (χ1) is 6.27. The quantitative estimate of drug-likeness (QED) is 0.763. The molecule has 0 spiro atoms. The van der Waals surface area contributed by atoms with Gasteiger partial charge in [-0.05, 0) is 29.1 Å². The van der Waals surface area contributed by atoms with Gasteiger partial charge in [0.25, 0.3) is 0 Å². The van der Waals surface area contributed by atoms with E-state index in [1.54, 1.807) is 11.3 Å². The smallest absolute Gasteiger partial charge is 0.0936 e. The van der Waals surface area contributed by atoms with E-state index in [0.717, 1.165) is 21.2 Å². The number of nitrogens with two attached hydrogens (primary N) is 1. The van der Waals surface area contributed by atoms with Gasteiger partial charge in [0.1, 0.15) is 0 Å². The van der Waals surface area contributed by atoms with Gasteiger partial charge in [0.2, 0.25) is 0 Å². The van der Waals surface area contributed by atoms with E-state index in [2.05, 4.69) is 0 Å².